The number of carboxylic acids is 1. The first kappa shape index (κ1) is 30.4. The summed E-state index contributed by atoms with van der Waals surface area (Å²) < 4.78 is 57.2. The van der Waals surface area contributed by atoms with Gasteiger partial charge >= 0.3 is 12.1 Å². The molecule has 3 aliphatic rings. The van der Waals surface area contributed by atoms with Gasteiger partial charge < -0.3 is 24.8 Å². The Labute approximate surface area is 234 Å². The van der Waals surface area contributed by atoms with Crippen LogP contribution in [0.3, 0.4) is 0 Å². The maximum absolute atomic E-state index is 14.6. The van der Waals surface area contributed by atoms with E-state index >= 15 is 0 Å². The highest BCUT2D eigenvalue weighted by molar-refractivity contribution is 5.95. The summed E-state index contributed by atoms with van der Waals surface area (Å²) in [6, 6.07) is 16.8. The zero-order chi connectivity index (χ0) is 29.8. The van der Waals surface area contributed by atoms with Crippen LogP contribution in [0.15, 0.2) is 54.6 Å². The van der Waals surface area contributed by atoms with Crippen molar-refractivity contribution in [2.75, 3.05) is 46.0 Å². The molecule has 41 heavy (non-hydrogen) atoms. The van der Waals surface area contributed by atoms with Gasteiger partial charge in [-0.05, 0) is 30.2 Å². The number of likely N-dealkylation sites (tertiary alicyclic amines) is 1. The summed E-state index contributed by atoms with van der Waals surface area (Å²) >= 11 is 0. The highest BCUT2D eigenvalue weighted by atomic mass is 19.4. The van der Waals surface area contributed by atoms with Crippen LogP contribution in [0.5, 0.6) is 0 Å². The summed E-state index contributed by atoms with van der Waals surface area (Å²) in [6.45, 7) is 5.41. The molecule has 0 saturated carbocycles. The smallest absolute Gasteiger partial charge is 0.475 e. The van der Waals surface area contributed by atoms with Crippen LogP contribution in [0.2, 0.25) is 0 Å². The topological polar surface area (TPSA) is 108 Å². The average molecular weight is 582 g/mol. The van der Waals surface area contributed by atoms with Crippen molar-refractivity contribution in [2.24, 2.45) is 0 Å². The molecule has 3 aliphatic heterocycles. The summed E-state index contributed by atoms with van der Waals surface area (Å²) in [4.78, 5) is 38.7. The average Bonchev–Trinajstić information content (AvgIpc) is 2.90. The molecule has 13 heteroatoms. The number of carbonyl (C=O) groups excluding carboxylic acids is 2. The Balaban J connectivity index is 0.000000493. The SMILES string of the molecule is CC1(NC(=O)c2cccc(C3(F)COC3)c2)CN(C(=O)C2CN(Cc3ccccc3)CCO2)C1.O=C(O)C(F)(F)F. The third-order valence-corrected chi connectivity index (χ3v) is 7.03. The van der Waals surface area contributed by atoms with E-state index in [-0.39, 0.29) is 25.0 Å². The molecule has 0 aromatic heterocycles. The number of carboxylic acid groups (broad SMARTS) is 1. The highest BCUT2D eigenvalue weighted by Crippen LogP contribution is 2.34. The van der Waals surface area contributed by atoms with Crippen LogP contribution in [0, 0.1) is 0 Å². The number of aliphatic carboxylic acids is 1. The number of benzene rings is 2. The number of rotatable bonds is 6. The van der Waals surface area contributed by atoms with Gasteiger partial charge in [-0.25, -0.2) is 9.18 Å². The highest BCUT2D eigenvalue weighted by Gasteiger charge is 2.45. The van der Waals surface area contributed by atoms with Gasteiger partial charge in [0.05, 0.1) is 25.4 Å². The number of halogens is 4. The predicted molar refractivity (Wildman–Crippen MR) is 138 cm³/mol. The third-order valence-electron chi connectivity index (χ3n) is 7.03. The minimum absolute atomic E-state index is 0.0128. The molecule has 9 nitrogen and oxygen atoms in total. The van der Waals surface area contributed by atoms with Gasteiger partial charge in [-0.15, -0.1) is 0 Å². The number of nitrogens with zero attached hydrogens (tertiary/aromatic N) is 2. The molecule has 0 radical (unpaired) electrons. The van der Waals surface area contributed by atoms with E-state index in [4.69, 9.17) is 19.4 Å². The molecule has 222 valence electrons. The Hall–Kier alpha value is -3.55. The van der Waals surface area contributed by atoms with Gasteiger partial charge in [0.1, 0.15) is 6.10 Å². The number of amides is 2. The first-order valence-corrected chi connectivity index (χ1v) is 12.9. The van der Waals surface area contributed by atoms with Crippen molar-refractivity contribution in [3.63, 3.8) is 0 Å². The predicted octanol–water partition coefficient (Wildman–Crippen LogP) is 2.75. The molecular formula is C28H31F4N3O6. The van der Waals surface area contributed by atoms with Crippen molar-refractivity contribution < 1.29 is 46.5 Å². The van der Waals surface area contributed by atoms with Gasteiger partial charge in [-0.3, -0.25) is 14.5 Å². The van der Waals surface area contributed by atoms with Gasteiger partial charge in [-0.2, -0.15) is 13.2 Å². The van der Waals surface area contributed by atoms with Crippen molar-refractivity contribution in [1.82, 2.24) is 15.1 Å². The molecule has 3 fully saturated rings. The molecule has 1 atom stereocenters. The maximum Gasteiger partial charge on any atom is 0.490 e. The van der Waals surface area contributed by atoms with Gasteiger partial charge in [0, 0.05) is 38.3 Å². The van der Waals surface area contributed by atoms with Crippen molar-refractivity contribution >= 4 is 17.8 Å². The lowest BCUT2D eigenvalue weighted by molar-refractivity contribution is -0.192. The second kappa shape index (κ2) is 12.1. The molecule has 2 aromatic carbocycles. The zero-order valence-electron chi connectivity index (χ0n) is 22.3. The normalized spacial score (nSPS) is 21.4. The largest absolute Gasteiger partial charge is 0.490 e. The van der Waals surface area contributed by atoms with E-state index in [1.165, 1.54) is 5.56 Å². The van der Waals surface area contributed by atoms with Crippen molar-refractivity contribution in [3.8, 4) is 0 Å². The molecule has 1 unspecified atom stereocenters. The summed E-state index contributed by atoms with van der Waals surface area (Å²) in [5, 5.41) is 10.1. The Kier molecular flexibility index (Phi) is 9.00. The fraction of sp³-hybridized carbons (Fsp3) is 0.464. The van der Waals surface area contributed by atoms with Crippen LogP contribution in [0.4, 0.5) is 17.6 Å². The molecular weight excluding hydrogens is 550 g/mol. The lowest BCUT2D eigenvalue weighted by Crippen LogP contribution is -2.71. The fourth-order valence-electron chi connectivity index (χ4n) is 4.81. The quantitative estimate of drug-likeness (QED) is 0.506. The van der Waals surface area contributed by atoms with Crippen molar-refractivity contribution in [3.05, 3.63) is 71.3 Å². The molecule has 5 rings (SSSR count). The molecule has 0 aliphatic carbocycles. The third kappa shape index (κ3) is 7.60. The molecule has 3 saturated heterocycles. The number of nitrogens with one attached hydrogen (secondary N) is 1. The number of morpholine rings is 1. The van der Waals surface area contributed by atoms with E-state index < -0.39 is 29.5 Å². The lowest BCUT2D eigenvalue weighted by Gasteiger charge is -2.49. The molecule has 2 N–H and O–H groups in total. The van der Waals surface area contributed by atoms with Crippen LogP contribution in [0.1, 0.15) is 28.4 Å². The fourth-order valence-corrected chi connectivity index (χ4v) is 4.81. The Morgan fingerprint density at radius 2 is 1.73 bits per heavy atom. The number of alkyl halides is 4. The van der Waals surface area contributed by atoms with Crippen LogP contribution in [0.25, 0.3) is 0 Å². The molecule has 2 aromatic rings. The van der Waals surface area contributed by atoms with Crippen molar-refractivity contribution in [1.29, 1.82) is 0 Å². The van der Waals surface area contributed by atoms with E-state index in [9.17, 15) is 27.2 Å². The maximum atomic E-state index is 14.6. The van der Waals surface area contributed by atoms with Crippen molar-refractivity contribution in [2.45, 2.75) is 37.0 Å². The Bertz CT molecular complexity index is 1250. The summed E-state index contributed by atoms with van der Waals surface area (Å²) in [7, 11) is 0. The van der Waals surface area contributed by atoms with E-state index in [1.54, 1.807) is 29.2 Å². The minimum Gasteiger partial charge on any atom is -0.475 e. The first-order chi connectivity index (χ1) is 19.3. The monoisotopic (exact) mass is 581 g/mol. The molecule has 0 bridgehead atoms. The lowest BCUT2D eigenvalue weighted by atomic mass is 9.90. The summed E-state index contributed by atoms with van der Waals surface area (Å²) in [5.41, 5.74) is 0.0149. The van der Waals surface area contributed by atoms with Crippen LogP contribution >= 0.6 is 0 Å². The minimum atomic E-state index is -5.08. The second-order valence-corrected chi connectivity index (χ2v) is 10.6. The van der Waals surface area contributed by atoms with Gasteiger partial charge in [-0.1, -0.05) is 42.5 Å². The second-order valence-electron chi connectivity index (χ2n) is 10.6. The van der Waals surface area contributed by atoms with Crippen LogP contribution in [-0.2, 0) is 31.3 Å². The standard InChI is InChI=1S/C26H30FN3O4.C2HF3O2/c1-25(28-23(31)20-8-5-9-21(12-20)26(27)17-33-18-26)15-30(16-25)24(32)22-14-29(10-11-34-22)13-19-6-3-2-4-7-19;3-2(4,5)1(6)7/h2-9,12,22H,10-11,13-18H2,1H3,(H,28,31);(H,6,7). The van der Waals surface area contributed by atoms with Gasteiger partial charge in [0.2, 0.25) is 0 Å². The van der Waals surface area contributed by atoms with Crippen LogP contribution in [-0.4, -0.2) is 96.5 Å². The number of hydrogen-bond acceptors (Lipinski definition) is 6. The Morgan fingerprint density at radius 1 is 1.07 bits per heavy atom. The van der Waals surface area contributed by atoms with E-state index in [0.717, 1.165) is 13.1 Å². The summed E-state index contributed by atoms with van der Waals surface area (Å²) in [6.07, 6.45) is -5.58. The Morgan fingerprint density at radius 3 is 2.32 bits per heavy atom. The molecule has 0 spiro atoms. The van der Waals surface area contributed by atoms with E-state index in [2.05, 4.69) is 22.3 Å². The van der Waals surface area contributed by atoms with Gasteiger partial charge in [0.15, 0.2) is 5.67 Å². The molecule has 2 amide bonds. The number of carbonyl (C=O) groups is 3. The first-order valence-electron chi connectivity index (χ1n) is 12.9. The van der Waals surface area contributed by atoms with Crippen LogP contribution < -0.4 is 5.32 Å². The number of ether oxygens (including phenoxy) is 2. The summed E-state index contributed by atoms with van der Waals surface area (Å²) in [5.74, 6) is -3.08. The zero-order valence-corrected chi connectivity index (χ0v) is 22.3. The van der Waals surface area contributed by atoms with E-state index in [0.29, 0.717) is 37.4 Å². The number of hydrogen-bond donors (Lipinski definition) is 2. The van der Waals surface area contributed by atoms with Gasteiger partial charge in [0.25, 0.3) is 11.8 Å². The van der Waals surface area contributed by atoms with E-state index in [1.807, 2.05) is 25.1 Å². The molecule has 3 heterocycles.